The number of piperidine rings is 1. The monoisotopic (exact) mass is 263 g/mol. The molecule has 3 nitrogen and oxygen atoms in total. The number of nitrogens with zero attached hydrogens (tertiary/aromatic N) is 1. The maximum atomic E-state index is 12.2. The van der Waals surface area contributed by atoms with Crippen LogP contribution in [0.3, 0.4) is 0 Å². The highest BCUT2D eigenvalue weighted by Crippen LogP contribution is 2.68. The third-order valence-electron chi connectivity index (χ3n) is 5.73. The summed E-state index contributed by atoms with van der Waals surface area (Å²) in [4.78, 5) is 14.5. The van der Waals surface area contributed by atoms with E-state index in [4.69, 9.17) is 0 Å². The summed E-state index contributed by atoms with van der Waals surface area (Å²) in [5.74, 6) is 1.40. The van der Waals surface area contributed by atoms with Crippen LogP contribution in [0.1, 0.15) is 46.5 Å². The van der Waals surface area contributed by atoms with Gasteiger partial charge in [0, 0.05) is 24.2 Å². The first-order chi connectivity index (χ1) is 8.98. The van der Waals surface area contributed by atoms with Crippen molar-refractivity contribution in [3.63, 3.8) is 0 Å². The second-order valence-corrected chi connectivity index (χ2v) is 7.06. The van der Waals surface area contributed by atoms with E-state index in [0.717, 1.165) is 30.7 Å². The van der Waals surface area contributed by atoms with Crippen LogP contribution in [0.2, 0.25) is 0 Å². The Bertz CT molecular complexity index is 438. The minimum Gasteiger partial charge on any atom is -0.394 e. The van der Waals surface area contributed by atoms with Crippen LogP contribution in [0, 0.1) is 17.3 Å². The van der Waals surface area contributed by atoms with Crippen molar-refractivity contribution in [2.24, 2.45) is 17.3 Å². The molecule has 0 spiro atoms. The Morgan fingerprint density at radius 1 is 1.42 bits per heavy atom. The fourth-order valence-electron chi connectivity index (χ4n) is 4.39. The number of hydrogen-bond acceptors (Lipinski definition) is 3. The van der Waals surface area contributed by atoms with Gasteiger partial charge < -0.3 is 10.0 Å². The Morgan fingerprint density at radius 3 is 2.79 bits per heavy atom. The van der Waals surface area contributed by atoms with E-state index in [1.165, 1.54) is 12.8 Å². The minimum absolute atomic E-state index is 0.205. The molecule has 1 aliphatic heterocycles. The van der Waals surface area contributed by atoms with Gasteiger partial charge in [-0.3, -0.25) is 4.79 Å². The molecule has 0 aromatic rings. The lowest BCUT2D eigenvalue weighted by Gasteiger charge is -2.38. The van der Waals surface area contributed by atoms with Gasteiger partial charge in [-0.15, -0.1) is 0 Å². The number of carbonyl (C=O) groups is 1. The maximum Gasteiger partial charge on any atom is 0.161 e. The first kappa shape index (κ1) is 13.2. The lowest BCUT2D eigenvalue weighted by atomic mass is 9.93. The van der Waals surface area contributed by atoms with E-state index in [1.807, 2.05) is 0 Å². The molecule has 0 bridgehead atoms. The van der Waals surface area contributed by atoms with E-state index in [9.17, 15) is 9.90 Å². The smallest absolute Gasteiger partial charge is 0.161 e. The molecule has 2 saturated carbocycles. The van der Waals surface area contributed by atoms with Crippen molar-refractivity contribution in [3.8, 4) is 0 Å². The van der Waals surface area contributed by atoms with E-state index in [-0.39, 0.29) is 12.6 Å². The number of carbonyl (C=O) groups excluding carboxylic acids is 1. The van der Waals surface area contributed by atoms with E-state index >= 15 is 0 Å². The van der Waals surface area contributed by atoms with Gasteiger partial charge in [0.25, 0.3) is 0 Å². The molecule has 106 valence electrons. The molecular formula is C16H25NO2. The molecular weight excluding hydrogens is 238 g/mol. The number of rotatable bonds is 2. The Balaban J connectivity index is 1.90. The standard InChI is InChI=1S/C16H25NO2/c1-10(17-7-5-4-6-11(17)9-18)14-13(19)8-12-15(14)16(12,2)3/h11-12,15,18H,4-9H2,1-3H3. The molecule has 1 saturated heterocycles. The normalized spacial score (nSPS) is 39.3. The van der Waals surface area contributed by atoms with E-state index in [0.29, 0.717) is 23.0 Å². The summed E-state index contributed by atoms with van der Waals surface area (Å²) in [5.41, 5.74) is 2.55. The summed E-state index contributed by atoms with van der Waals surface area (Å²) in [6.07, 6.45) is 4.15. The predicted molar refractivity (Wildman–Crippen MR) is 74.5 cm³/mol. The average molecular weight is 263 g/mol. The summed E-state index contributed by atoms with van der Waals surface area (Å²) in [5, 5.41) is 9.55. The van der Waals surface area contributed by atoms with Gasteiger partial charge in [-0.05, 0) is 43.4 Å². The average Bonchev–Trinajstić information content (AvgIpc) is 2.74. The summed E-state index contributed by atoms with van der Waals surface area (Å²) in [6.45, 7) is 7.85. The molecule has 0 aromatic heterocycles. The number of aliphatic hydroxyl groups is 1. The Kier molecular flexibility index (Phi) is 3.01. The van der Waals surface area contributed by atoms with Crippen molar-refractivity contribution in [2.45, 2.75) is 52.5 Å². The molecule has 3 unspecified atom stereocenters. The second-order valence-electron chi connectivity index (χ2n) is 7.06. The Hall–Kier alpha value is -0.830. The van der Waals surface area contributed by atoms with E-state index < -0.39 is 0 Å². The molecule has 0 radical (unpaired) electrons. The van der Waals surface area contributed by atoms with Crippen molar-refractivity contribution in [1.82, 2.24) is 4.90 Å². The van der Waals surface area contributed by atoms with Crippen molar-refractivity contribution < 1.29 is 9.90 Å². The molecule has 3 heteroatoms. The fourth-order valence-corrected chi connectivity index (χ4v) is 4.39. The number of aliphatic hydroxyl groups excluding tert-OH is 1. The van der Waals surface area contributed by atoms with Crippen LogP contribution in [-0.4, -0.2) is 35.0 Å². The van der Waals surface area contributed by atoms with Gasteiger partial charge in [0.05, 0.1) is 12.6 Å². The molecule has 0 aromatic carbocycles. The number of ketones is 1. The third-order valence-corrected chi connectivity index (χ3v) is 5.73. The molecule has 3 atom stereocenters. The van der Waals surface area contributed by atoms with Gasteiger partial charge in [-0.2, -0.15) is 0 Å². The lowest BCUT2D eigenvalue weighted by molar-refractivity contribution is -0.115. The molecule has 19 heavy (non-hydrogen) atoms. The van der Waals surface area contributed by atoms with Gasteiger partial charge in [-0.1, -0.05) is 13.8 Å². The second kappa shape index (κ2) is 4.34. The lowest BCUT2D eigenvalue weighted by Crippen LogP contribution is -2.41. The van der Waals surface area contributed by atoms with Gasteiger partial charge in [0.15, 0.2) is 5.78 Å². The molecule has 3 rings (SSSR count). The maximum absolute atomic E-state index is 12.2. The molecule has 1 heterocycles. The number of Topliss-reactive ketones (excluding diaryl/α,β-unsaturated/α-hetero) is 1. The Morgan fingerprint density at radius 2 is 2.16 bits per heavy atom. The van der Waals surface area contributed by atoms with Crippen LogP contribution >= 0.6 is 0 Å². The SMILES string of the molecule is CC(=C1C(=O)CC2C1C2(C)C)N1CCCCC1CO. The van der Waals surface area contributed by atoms with Gasteiger partial charge in [0.1, 0.15) is 0 Å². The third kappa shape index (κ3) is 1.85. The summed E-state index contributed by atoms with van der Waals surface area (Å²) >= 11 is 0. The molecule has 2 aliphatic carbocycles. The molecule has 3 aliphatic rings. The highest BCUT2D eigenvalue weighted by Gasteiger charge is 2.65. The highest BCUT2D eigenvalue weighted by atomic mass is 16.3. The first-order valence-corrected chi connectivity index (χ1v) is 7.60. The predicted octanol–water partition coefficient (Wildman–Crippen LogP) is 2.35. The molecule has 1 N–H and O–H groups in total. The zero-order valence-electron chi connectivity index (χ0n) is 12.3. The van der Waals surface area contributed by atoms with Crippen molar-refractivity contribution in [1.29, 1.82) is 0 Å². The van der Waals surface area contributed by atoms with E-state index in [1.54, 1.807) is 0 Å². The van der Waals surface area contributed by atoms with E-state index in [2.05, 4.69) is 25.7 Å². The zero-order chi connectivity index (χ0) is 13.8. The molecule has 0 amide bonds. The van der Waals surface area contributed by atoms with Crippen LogP contribution in [0.25, 0.3) is 0 Å². The van der Waals surface area contributed by atoms with Crippen LogP contribution in [0.15, 0.2) is 11.3 Å². The summed E-state index contributed by atoms with van der Waals surface area (Å²) in [6, 6.07) is 0.218. The van der Waals surface area contributed by atoms with Gasteiger partial charge in [0.2, 0.25) is 0 Å². The van der Waals surface area contributed by atoms with Crippen LogP contribution in [-0.2, 0) is 4.79 Å². The zero-order valence-corrected chi connectivity index (χ0v) is 12.3. The number of fused-ring (bicyclic) bond motifs is 1. The summed E-state index contributed by atoms with van der Waals surface area (Å²) in [7, 11) is 0. The largest absolute Gasteiger partial charge is 0.394 e. The minimum atomic E-state index is 0.205. The highest BCUT2D eigenvalue weighted by molar-refractivity contribution is 6.01. The quantitative estimate of drug-likeness (QED) is 0.778. The number of likely N-dealkylation sites (tertiary alicyclic amines) is 1. The van der Waals surface area contributed by atoms with Gasteiger partial charge >= 0.3 is 0 Å². The Labute approximate surface area is 115 Å². The van der Waals surface area contributed by atoms with Gasteiger partial charge in [-0.25, -0.2) is 0 Å². The van der Waals surface area contributed by atoms with Crippen molar-refractivity contribution in [2.75, 3.05) is 13.2 Å². The fraction of sp³-hybridized carbons (Fsp3) is 0.812. The number of hydrogen-bond donors (Lipinski definition) is 1. The first-order valence-electron chi connectivity index (χ1n) is 7.60. The topological polar surface area (TPSA) is 40.5 Å². The van der Waals surface area contributed by atoms with Crippen LogP contribution in [0.5, 0.6) is 0 Å². The number of allylic oxidation sites excluding steroid dienone is 2. The van der Waals surface area contributed by atoms with Crippen LogP contribution in [0.4, 0.5) is 0 Å². The van der Waals surface area contributed by atoms with Crippen LogP contribution < -0.4 is 0 Å². The summed E-state index contributed by atoms with van der Waals surface area (Å²) < 4.78 is 0. The van der Waals surface area contributed by atoms with Crippen molar-refractivity contribution >= 4 is 5.78 Å². The molecule has 3 fully saturated rings. The van der Waals surface area contributed by atoms with Crippen molar-refractivity contribution in [3.05, 3.63) is 11.3 Å².